The van der Waals surface area contributed by atoms with Gasteiger partial charge in [0.1, 0.15) is 0 Å². The summed E-state index contributed by atoms with van der Waals surface area (Å²) in [5.41, 5.74) is 1.03. The van der Waals surface area contributed by atoms with Crippen LogP contribution < -0.4 is 5.32 Å². The maximum absolute atomic E-state index is 11.8. The lowest BCUT2D eigenvalue weighted by atomic mass is 9.74. The van der Waals surface area contributed by atoms with Crippen molar-refractivity contribution < 1.29 is 14.6 Å². The summed E-state index contributed by atoms with van der Waals surface area (Å²) < 4.78 is 4.79. The van der Waals surface area contributed by atoms with Gasteiger partial charge in [-0.25, -0.2) is 4.79 Å². The molecule has 116 valence electrons. The maximum Gasteiger partial charge on any atom is 0.340 e. The fourth-order valence-corrected chi connectivity index (χ4v) is 3.10. The second-order valence-corrected chi connectivity index (χ2v) is 6.19. The van der Waals surface area contributed by atoms with Crippen LogP contribution in [0.5, 0.6) is 0 Å². The molecule has 0 amide bonds. The Kier molecular flexibility index (Phi) is 5.48. The van der Waals surface area contributed by atoms with Crippen molar-refractivity contribution in [1.82, 2.24) is 0 Å². The molecule has 1 aliphatic rings. The zero-order chi connectivity index (χ0) is 15.3. The van der Waals surface area contributed by atoms with Crippen LogP contribution in [0.25, 0.3) is 0 Å². The smallest absolute Gasteiger partial charge is 0.340 e. The second-order valence-electron chi connectivity index (χ2n) is 5.75. The number of aliphatic hydroxyl groups excluding tert-OH is 1. The minimum Gasteiger partial charge on any atom is -0.465 e. The van der Waals surface area contributed by atoms with Crippen molar-refractivity contribution >= 4 is 23.3 Å². The number of halogens is 1. The zero-order valence-electron chi connectivity index (χ0n) is 12.3. The molecule has 0 spiro atoms. The third-order valence-electron chi connectivity index (χ3n) is 4.29. The number of rotatable bonds is 5. The molecule has 0 unspecified atom stereocenters. The molecule has 5 heteroatoms. The molecule has 2 rings (SSSR count). The van der Waals surface area contributed by atoms with Gasteiger partial charge in [-0.15, -0.1) is 0 Å². The van der Waals surface area contributed by atoms with Crippen molar-refractivity contribution in [3.8, 4) is 0 Å². The summed E-state index contributed by atoms with van der Waals surface area (Å²) in [6.07, 6.45) is 5.55. The van der Waals surface area contributed by atoms with Gasteiger partial charge >= 0.3 is 5.97 Å². The number of esters is 1. The minimum atomic E-state index is -0.415. The number of carbonyl (C=O) groups excluding carboxylic acids is 1. The van der Waals surface area contributed by atoms with Gasteiger partial charge in [0, 0.05) is 22.7 Å². The number of methoxy groups -OCH3 is 1. The number of hydrogen-bond donors (Lipinski definition) is 2. The molecule has 1 aromatic carbocycles. The van der Waals surface area contributed by atoms with Crippen LogP contribution >= 0.6 is 11.6 Å². The van der Waals surface area contributed by atoms with Crippen LogP contribution in [0.3, 0.4) is 0 Å². The third-order valence-corrected chi connectivity index (χ3v) is 4.53. The van der Waals surface area contributed by atoms with Crippen LogP contribution in [0.1, 0.15) is 42.5 Å². The van der Waals surface area contributed by atoms with Crippen LogP contribution in [0, 0.1) is 5.41 Å². The highest BCUT2D eigenvalue weighted by atomic mass is 35.5. The normalized spacial score (nSPS) is 17.3. The molecule has 0 bridgehead atoms. The molecule has 1 fully saturated rings. The molecule has 0 aromatic heterocycles. The van der Waals surface area contributed by atoms with Gasteiger partial charge in [0.2, 0.25) is 0 Å². The first-order valence-corrected chi connectivity index (χ1v) is 7.71. The van der Waals surface area contributed by atoms with Crippen LogP contribution in [-0.4, -0.2) is 31.3 Å². The molecule has 0 radical (unpaired) electrons. The standard InChI is InChI=1S/C16H22ClNO3/c1-21-15(20)13-9-12(17)5-6-14(13)18-10-16(11-19)7-3-2-4-8-16/h5-6,9,18-19H,2-4,7-8,10-11H2,1H3. The van der Waals surface area contributed by atoms with Gasteiger partial charge < -0.3 is 15.2 Å². The van der Waals surface area contributed by atoms with Gasteiger partial charge in [-0.3, -0.25) is 0 Å². The number of anilines is 1. The van der Waals surface area contributed by atoms with E-state index in [1.54, 1.807) is 18.2 Å². The summed E-state index contributed by atoms with van der Waals surface area (Å²) in [6.45, 7) is 0.816. The third kappa shape index (κ3) is 3.89. The molecule has 0 saturated heterocycles. The molecule has 1 aromatic rings. The summed E-state index contributed by atoms with van der Waals surface area (Å²) in [7, 11) is 1.35. The highest BCUT2D eigenvalue weighted by Gasteiger charge is 2.31. The first kappa shape index (κ1) is 16.1. The van der Waals surface area contributed by atoms with E-state index in [1.807, 2.05) is 0 Å². The van der Waals surface area contributed by atoms with Crippen molar-refractivity contribution in [2.45, 2.75) is 32.1 Å². The number of carbonyl (C=O) groups is 1. The molecular formula is C16H22ClNO3. The first-order chi connectivity index (χ1) is 10.1. The number of hydrogen-bond acceptors (Lipinski definition) is 4. The van der Waals surface area contributed by atoms with Crippen molar-refractivity contribution in [1.29, 1.82) is 0 Å². The first-order valence-electron chi connectivity index (χ1n) is 7.33. The van der Waals surface area contributed by atoms with Crippen LogP contribution in [0.15, 0.2) is 18.2 Å². The fraction of sp³-hybridized carbons (Fsp3) is 0.562. The Balaban J connectivity index is 2.13. The Morgan fingerprint density at radius 2 is 2.10 bits per heavy atom. The summed E-state index contributed by atoms with van der Waals surface area (Å²) >= 11 is 5.95. The number of nitrogens with one attached hydrogen (secondary N) is 1. The second kappa shape index (κ2) is 7.14. The zero-order valence-corrected chi connectivity index (χ0v) is 13.1. The van der Waals surface area contributed by atoms with Gasteiger partial charge in [0.05, 0.1) is 19.3 Å². The lowest BCUT2D eigenvalue weighted by molar-refractivity contribution is 0.0601. The van der Waals surface area contributed by atoms with E-state index >= 15 is 0 Å². The molecule has 21 heavy (non-hydrogen) atoms. The molecule has 4 nitrogen and oxygen atoms in total. The van der Waals surface area contributed by atoms with E-state index in [0.717, 1.165) is 25.7 Å². The van der Waals surface area contributed by atoms with Gasteiger partial charge in [-0.1, -0.05) is 30.9 Å². The number of benzene rings is 1. The maximum atomic E-state index is 11.8. The minimum absolute atomic E-state index is 0.0920. The van der Waals surface area contributed by atoms with E-state index in [1.165, 1.54) is 13.5 Å². The van der Waals surface area contributed by atoms with Gasteiger partial charge in [-0.05, 0) is 31.0 Å². The van der Waals surface area contributed by atoms with Gasteiger partial charge in [-0.2, -0.15) is 0 Å². The van der Waals surface area contributed by atoms with E-state index in [-0.39, 0.29) is 12.0 Å². The molecule has 0 heterocycles. The van der Waals surface area contributed by atoms with E-state index < -0.39 is 5.97 Å². The Labute approximate surface area is 130 Å². The molecule has 1 aliphatic carbocycles. The topological polar surface area (TPSA) is 58.6 Å². The fourth-order valence-electron chi connectivity index (χ4n) is 2.92. The quantitative estimate of drug-likeness (QED) is 0.817. The van der Waals surface area contributed by atoms with Crippen molar-refractivity contribution in [3.63, 3.8) is 0 Å². The largest absolute Gasteiger partial charge is 0.465 e. The number of ether oxygens (including phenoxy) is 1. The van der Waals surface area contributed by atoms with Crippen molar-refractivity contribution in [3.05, 3.63) is 28.8 Å². The summed E-state index contributed by atoms with van der Waals surface area (Å²) in [5.74, 6) is -0.415. The summed E-state index contributed by atoms with van der Waals surface area (Å²) in [5, 5.41) is 13.5. The average Bonchev–Trinajstić information content (AvgIpc) is 2.53. The van der Waals surface area contributed by atoms with Crippen LogP contribution in [0.2, 0.25) is 5.02 Å². The Bertz CT molecular complexity index is 498. The Morgan fingerprint density at radius 1 is 1.38 bits per heavy atom. The summed E-state index contributed by atoms with van der Waals surface area (Å²) in [4.78, 5) is 11.8. The van der Waals surface area contributed by atoms with Crippen LogP contribution in [-0.2, 0) is 4.74 Å². The Hall–Kier alpha value is -1.26. The van der Waals surface area contributed by atoms with Crippen LogP contribution in [0.4, 0.5) is 5.69 Å². The van der Waals surface area contributed by atoms with Crippen molar-refractivity contribution in [2.75, 3.05) is 25.6 Å². The molecule has 1 saturated carbocycles. The van der Waals surface area contributed by atoms with Crippen molar-refractivity contribution in [2.24, 2.45) is 5.41 Å². The van der Waals surface area contributed by atoms with E-state index in [4.69, 9.17) is 16.3 Å². The van der Waals surface area contributed by atoms with E-state index in [9.17, 15) is 9.90 Å². The SMILES string of the molecule is COC(=O)c1cc(Cl)ccc1NCC1(CO)CCCCC1. The monoisotopic (exact) mass is 311 g/mol. The molecule has 0 aliphatic heterocycles. The lowest BCUT2D eigenvalue weighted by Gasteiger charge is -2.36. The molecule has 0 atom stereocenters. The van der Waals surface area contributed by atoms with E-state index in [2.05, 4.69) is 5.32 Å². The Morgan fingerprint density at radius 3 is 2.71 bits per heavy atom. The number of aliphatic hydroxyl groups is 1. The van der Waals surface area contributed by atoms with Gasteiger partial charge in [0.25, 0.3) is 0 Å². The lowest BCUT2D eigenvalue weighted by Crippen LogP contribution is -2.35. The highest BCUT2D eigenvalue weighted by molar-refractivity contribution is 6.31. The average molecular weight is 312 g/mol. The molecular weight excluding hydrogens is 290 g/mol. The van der Waals surface area contributed by atoms with E-state index in [0.29, 0.717) is 22.8 Å². The molecule has 2 N–H and O–H groups in total. The highest BCUT2D eigenvalue weighted by Crippen LogP contribution is 2.36. The van der Waals surface area contributed by atoms with Gasteiger partial charge in [0.15, 0.2) is 0 Å². The predicted octanol–water partition coefficient (Wildman–Crippen LogP) is 3.48. The summed E-state index contributed by atoms with van der Waals surface area (Å²) in [6, 6.07) is 5.12. The predicted molar refractivity (Wildman–Crippen MR) is 83.9 cm³/mol.